The van der Waals surface area contributed by atoms with E-state index in [0.717, 1.165) is 0 Å². The van der Waals surface area contributed by atoms with Crippen molar-refractivity contribution in [1.29, 1.82) is 0 Å². The van der Waals surface area contributed by atoms with E-state index in [4.69, 9.17) is 4.74 Å². The Morgan fingerprint density at radius 2 is 2.27 bits per heavy atom. The summed E-state index contributed by atoms with van der Waals surface area (Å²) >= 11 is 0. The number of rotatable bonds is 2. The van der Waals surface area contributed by atoms with Crippen LogP contribution in [-0.2, 0) is 10.2 Å². The first-order chi connectivity index (χ1) is 7.18. The Labute approximate surface area is 88.7 Å². The van der Waals surface area contributed by atoms with Gasteiger partial charge < -0.3 is 9.84 Å². The van der Waals surface area contributed by atoms with Crippen LogP contribution in [0, 0.1) is 11.7 Å². The molecule has 2 rings (SSSR count). The molecule has 0 aliphatic carbocycles. The first-order valence-electron chi connectivity index (χ1n) is 5.12. The third kappa shape index (κ3) is 1.66. The molecule has 0 amide bonds. The van der Waals surface area contributed by atoms with Gasteiger partial charge >= 0.3 is 0 Å². The number of ether oxygens (including phenoxy) is 1. The van der Waals surface area contributed by atoms with Gasteiger partial charge in [0, 0.05) is 17.9 Å². The van der Waals surface area contributed by atoms with Crippen molar-refractivity contribution < 1.29 is 14.2 Å². The monoisotopic (exact) mass is 210 g/mol. The maximum absolute atomic E-state index is 13.7. The first kappa shape index (κ1) is 10.6. The van der Waals surface area contributed by atoms with Crippen molar-refractivity contribution >= 4 is 0 Å². The van der Waals surface area contributed by atoms with Gasteiger partial charge in [-0.15, -0.1) is 0 Å². The number of benzene rings is 1. The molecule has 1 saturated heterocycles. The van der Waals surface area contributed by atoms with Gasteiger partial charge in [0.15, 0.2) is 0 Å². The topological polar surface area (TPSA) is 29.5 Å². The van der Waals surface area contributed by atoms with Gasteiger partial charge in [-0.3, -0.25) is 0 Å². The van der Waals surface area contributed by atoms with Gasteiger partial charge in [0.2, 0.25) is 0 Å². The van der Waals surface area contributed by atoms with Gasteiger partial charge in [-0.1, -0.05) is 25.1 Å². The lowest BCUT2D eigenvalue weighted by Gasteiger charge is -2.29. The second kappa shape index (κ2) is 3.91. The number of halogens is 1. The van der Waals surface area contributed by atoms with Crippen LogP contribution >= 0.6 is 0 Å². The molecule has 1 aliphatic heterocycles. The molecule has 1 aromatic rings. The lowest BCUT2D eigenvalue weighted by Crippen LogP contribution is -2.34. The van der Waals surface area contributed by atoms with Crippen molar-refractivity contribution in [3.8, 4) is 0 Å². The van der Waals surface area contributed by atoms with Gasteiger partial charge in [0.05, 0.1) is 13.2 Å². The first-order valence-corrected chi connectivity index (χ1v) is 5.12. The van der Waals surface area contributed by atoms with Crippen LogP contribution in [0.1, 0.15) is 12.5 Å². The zero-order valence-electron chi connectivity index (χ0n) is 8.74. The Balaban J connectivity index is 2.40. The van der Waals surface area contributed by atoms with Gasteiger partial charge in [-0.2, -0.15) is 0 Å². The molecule has 1 aliphatic rings. The fraction of sp³-hybridized carbons (Fsp3) is 0.500. The average Bonchev–Trinajstić information content (AvgIpc) is 2.61. The maximum Gasteiger partial charge on any atom is 0.127 e. The fourth-order valence-electron chi connectivity index (χ4n) is 2.19. The van der Waals surface area contributed by atoms with Crippen LogP contribution in [0.25, 0.3) is 0 Å². The molecule has 0 spiro atoms. The third-order valence-corrected chi connectivity index (χ3v) is 3.33. The molecule has 2 atom stereocenters. The standard InChI is InChI=1S/C12H15FO2/c1-12(8-15-7-9(12)6-14)10-4-2-3-5-11(10)13/h2-5,9,14H,6-8H2,1H3/t9-,12-/m0/s1. The van der Waals surface area contributed by atoms with Crippen LogP contribution in [-0.4, -0.2) is 24.9 Å². The van der Waals surface area contributed by atoms with Gasteiger partial charge in [0.25, 0.3) is 0 Å². The normalized spacial score (nSPS) is 30.7. The van der Waals surface area contributed by atoms with E-state index in [1.54, 1.807) is 12.1 Å². The summed E-state index contributed by atoms with van der Waals surface area (Å²) in [6.45, 7) is 2.95. The molecule has 1 N–H and O–H groups in total. The van der Waals surface area contributed by atoms with Crippen molar-refractivity contribution in [3.63, 3.8) is 0 Å². The minimum Gasteiger partial charge on any atom is -0.396 e. The summed E-state index contributed by atoms with van der Waals surface area (Å²) in [6, 6.07) is 6.71. The molecular weight excluding hydrogens is 195 g/mol. The molecular formula is C12H15FO2. The fourth-order valence-corrected chi connectivity index (χ4v) is 2.19. The molecule has 0 bridgehead atoms. The van der Waals surface area contributed by atoms with E-state index in [1.165, 1.54) is 6.07 Å². The number of aliphatic hydroxyl groups excluding tert-OH is 1. The SMILES string of the molecule is C[C@]1(c2ccccc2F)COC[C@@H]1CO. The van der Waals surface area contributed by atoms with Gasteiger partial charge in [0.1, 0.15) is 5.82 Å². The van der Waals surface area contributed by atoms with Crippen LogP contribution in [0.4, 0.5) is 4.39 Å². The molecule has 0 saturated carbocycles. The van der Waals surface area contributed by atoms with E-state index >= 15 is 0 Å². The number of hydrogen-bond acceptors (Lipinski definition) is 2. The lowest BCUT2D eigenvalue weighted by atomic mass is 9.74. The molecule has 2 nitrogen and oxygen atoms in total. The largest absolute Gasteiger partial charge is 0.396 e. The summed E-state index contributed by atoms with van der Waals surface area (Å²) in [5, 5.41) is 9.25. The van der Waals surface area contributed by atoms with Crippen LogP contribution in [0.3, 0.4) is 0 Å². The highest BCUT2D eigenvalue weighted by Crippen LogP contribution is 2.38. The van der Waals surface area contributed by atoms with E-state index in [2.05, 4.69) is 0 Å². The maximum atomic E-state index is 13.7. The summed E-state index contributed by atoms with van der Waals surface area (Å²) in [6.07, 6.45) is 0. The summed E-state index contributed by atoms with van der Waals surface area (Å²) < 4.78 is 19.0. The van der Waals surface area contributed by atoms with Crippen LogP contribution in [0.15, 0.2) is 24.3 Å². The van der Waals surface area contributed by atoms with Crippen molar-refractivity contribution in [3.05, 3.63) is 35.6 Å². The quantitative estimate of drug-likeness (QED) is 0.805. The third-order valence-electron chi connectivity index (χ3n) is 3.33. The van der Waals surface area contributed by atoms with Crippen LogP contribution in [0.5, 0.6) is 0 Å². The van der Waals surface area contributed by atoms with Crippen molar-refractivity contribution in [2.45, 2.75) is 12.3 Å². The Morgan fingerprint density at radius 3 is 2.93 bits per heavy atom. The Morgan fingerprint density at radius 1 is 1.53 bits per heavy atom. The smallest absolute Gasteiger partial charge is 0.127 e. The minimum atomic E-state index is -0.403. The second-order valence-electron chi connectivity index (χ2n) is 4.29. The number of hydrogen-bond donors (Lipinski definition) is 1. The van der Waals surface area contributed by atoms with E-state index < -0.39 is 5.41 Å². The van der Waals surface area contributed by atoms with Crippen molar-refractivity contribution in [1.82, 2.24) is 0 Å². The molecule has 0 radical (unpaired) electrons. The molecule has 3 heteroatoms. The molecule has 1 fully saturated rings. The highest BCUT2D eigenvalue weighted by atomic mass is 19.1. The highest BCUT2D eigenvalue weighted by molar-refractivity contribution is 5.28. The molecule has 1 aromatic carbocycles. The number of aliphatic hydroxyl groups is 1. The van der Waals surface area contributed by atoms with Crippen molar-refractivity contribution in [2.24, 2.45) is 5.92 Å². The summed E-state index contributed by atoms with van der Waals surface area (Å²) in [5.41, 5.74) is 0.238. The van der Waals surface area contributed by atoms with E-state index in [0.29, 0.717) is 18.8 Å². The molecule has 0 aromatic heterocycles. The minimum absolute atomic E-state index is 0.0191. The predicted octanol–water partition coefficient (Wildman–Crippen LogP) is 1.72. The summed E-state index contributed by atoms with van der Waals surface area (Å²) in [5.74, 6) is -0.238. The molecule has 82 valence electrons. The predicted molar refractivity (Wildman–Crippen MR) is 55.1 cm³/mol. The Kier molecular flexibility index (Phi) is 2.76. The van der Waals surface area contributed by atoms with Crippen LogP contribution < -0.4 is 0 Å². The molecule has 1 heterocycles. The van der Waals surface area contributed by atoms with Crippen LogP contribution in [0.2, 0.25) is 0 Å². The summed E-state index contributed by atoms with van der Waals surface area (Å²) in [7, 11) is 0. The zero-order valence-corrected chi connectivity index (χ0v) is 8.74. The summed E-state index contributed by atoms with van der Waals surface area (Å²) in [4.78, 5) is 0. The van der Waals surface area contributed by atoms with Crippen molar-refractivity contribution in [2.75, 3.05) is 19.8 Å². The van der Waals surface area contributed by atoms with E-state index in [1.807, 2.05) is 13.0 Å². The molecule has 15 heavy (non-hydrogen) atoms. The average molecular weight is 210 g/mol. The zero-order chi connectivity index (χ0) is 10.9. The Bertz CT molecular complexity index is 353. The van der Waals surface area contributed by atoms with Gasteiger partial charge in [-0.25, -0.2) is 4.39 Å². The van der Waals surface area contributed by atoms with E-state index in [-0.39, 0.29) is 18.3 Å². The van der Waals surface area contributed by atoms with Gasteiger partial charge in [-0.05, 0) is 11.6 Å². The highest BCUT2D eigenvalue weighted by Gasteiger charge is 2.42. The lowest BCUT2D eigenvalue weighted by molar-refractivity contribution is 0.160. The molecule has 0 unspecified atom stereocenters. The Hall–Kier alpha value is -0.930. The van der Waals surface area contributed by atoms with E-state index in [9.17, 15) is 9.50 Å². The second-order valence-corrected chi connectivity index (χ2v) is 4.29.